The van der Waals surface area contributed by atoms with Crippen molar-refractivity contribution in [3.63, 3.8) is 0 Å². The minimum Gasteiger partial charge on any atom is -0.381 e. The van der Waals surface area contributed by atoms with Gasteiger partial charge in [-0.1, -0.05) is 41.4 Å². The summed E-state index contributed by atoms with van der Waals surface area (Å²) in [7, 11) is 0. The second kappa shape index (κ2) is 9.54. The normalized spacial score (nSPS) is 10.8. The zero-order valence-corrected chi connectivity index (χ0v) is 13.1. The molecule has 0 saturated heterocycles. The second-order valence-corrected chi connectivity index (χ2v) is 5.43. The molecule has 1 aromatic rings. The Kier molecular flexibility index (Phi) is 8.31. The fraction of sp³-hybridized carbons (Fsp3) is 0.600. The lowest BCUT2D eigenvalue weighted by atomic mass is 10.1. The third-order valence-corrected chi connectivity index (χ3v) is 3.73. The van der Waals surface area contributed by atoms with Gasteiger partial charge < -0.3 is 10.1 Å². The summed E-state index contributed by atoms with van der Waals surface area (Å²) in [5.74, 6) is 0. The molecule has 18 heavy (non-hydrogen) atoms. The number of ether oxygens (including phenoxy) is 1. The molecular weight excluding hydrogens is 290 g/mol. The summed E-state index contributed by atoms with van der Waals surface area (Å²) in [5.41, 5.74) is 2.62. The van der Waals surface area contributed by atoms with E-state index in [4.69, 9.17) is 4.74 Å². The molecule has 102 valence electrons. The standard InChI is InChI=1S/C15H24BrNO/c1-3-4-9-18-10-5-8-17-12-14-6-7-15(16)13(2)11-14/h6-7,11,17H,3-5,8-10,12H2,1-2H3. The highest BCUT2D eigenvalue weighted by Crippen LogP contribution is 2.16. The van der Waals surface area contributed by atoms with Gasteiger partial charge in [-0.15, -0.1) is 0 Å². The highest BCUT2D eigenvalue weighted by Gasteiger charge is 1.97. The van der Waals surface area contributed by atoms with Crippen molar-refractivity contribution in [1.29, 1.82) is 0 Å². The van der Waals surface area contributed by atoms with Crippen LogP contribution >= 0.6 is 15.9 Å². The van der Waals surface area contributed by atoms with Crippen LogP contribution in [-0.4, -0.2) is 19.8 Å². The number of rotatable bonds is 9. The maximum Gasteiger partial charge on any atom is 0.0478 e. The van der Waals surface area contributed by atoms with Crippen molar-refractivity contribution in [1.82, 2.24) is 5.32 Å². The molecule has 0 aliphatic heterocycles. The molecule has 0 unspecified atom stereocenters. The molecule has 0 bridgehead atoms. The summed E-state index contributed by atoms with van der Waals surface area (Å²) in [6, 6.07) is 6.48. The van der Waals surface area contributed by atoms with Gasteiger partial charge in [0.2, 0.25) is 0 Å². The minimum absolute atomic E-state index is 0.867. The molecule has 1 rings (SSSR count). The van der Waals surface area contributed by atoms with Gasteiger partial charge in [0.25, 0.3) is 0 Å². The van der Waals surface area contributed by atoms with E-state index in [0.29, 0.717) is 0 Å². The Morgan fingerprint density at radius 3 is 2.72 bits per heavy atom. The number of nitrogens with one attached hydrogen (secondary N) is 1. The molecule has 0 heterocycles. The molecular formula is C15H24BrNO. The van der Waals surface area contributed by atoms with Crippen LogP contribution < -0.4 is 5.32 Å². The number of benzene rings is 1. The van der Waals surface area contributed by atoms with Crippen LogP contribution in [0.3, 0.4) is 0 Å². The highest BCUT2D eigenvalue weighted by atomic mass is 79.9. The van der Waals surface area contributed by atoms with Crippen LogP contribution in [0.2, 0.25) is 0 Å². The minimum atomic E-state index is 0.867. The van der Waals surface area contributed by atoms with Gasteiger partial charge in [-0.25, -0.2) is 0 Å². The van der Waals surface area contributed by atoms with Gasteiger partial charge in [0.05, 0.1) is 0 Å². The van der Waals surface area contributed by atoms with Gasteiger partial charge in [-0.05, 0) is 43.5 Å². The fourth-order valence-corrected chi connectivity index (χ4v) is 1.94. The maximum atomic E-state index is 5.51. The highest BCUT2D eigenvalue weighted by molar-refractivity contribution is 9.10. The summed E-state index contributed by atoms with van der Waals surface area (Å²) in [6.45, 7) is 8.03. The Morgan fingerprint density at radius 2 is 2.00 bits per heavy atom. The van der Waals surface area contributed by atoms with E-state index in [1.165, 1.54) is 28.4 Å². The van der Waals surface area contributed by atoms with Gasteiger partial charge in [0, 0.05) is 24.2 Å². The zero-order chi connectivity index (χ0) is 13.2. The predicted octanol–water partition coefficient (Wildman–Crippen LogP) is 4.05. The van der Waals surface area contributed by atoms with Gasteiger partial charge in [-0.2, -0.15) is 0 Å². The number of halogens is 1. The molecule has 0 radical (unpaired) electrons. The monoisotopic (exact) mass is 313 g/mol. The van der Waals surface area contributed by atoms with E-state index in [1.54, 1.807) is 0 Å². The Bertz CT molecular complexity index is 341. The van der Waals surface area contributed by atoms with E-state index >= 15 is 0 Å². The van der Waals surface area contributed by atoms with Crippen molar-refractivity contribution in [2.24, 2.45) is 0 Å². The van der Waals surface area contributed by atoms with Gasteiger partial charge in [0.1, 0.15) is 0 Å². The Morgan fingerprint density at radius 1 is 1.22 bits per heavy atom. The Hall–Kier alpha value is -0.380. The molecule has 0 aliphatic rings. The van der Waals surface area contributed by atoms with Crippen molar-refractivity contribution >= 4 is 15.9 Å². The fourth-order valence-electron chi connectivity index (χ4n) is 1.70. The summed E-state index contributed by atoms with van der Waals surface area (Å²) in [6.07, 6.45) is 3.46. The van der Waals surface area contributed by atoms with Crippen LogP contribution in [0.25, 0.3) is 0 Å². The molecule has 1 aromatic carbocycles. The summed E-state index contributed by atoms with van der Waals surface area (Å²) < 4.78 is 6.69. The molecule has 1 N–H and O–H groups in total. The van der Waals surface area contributed by atoms with E-state index in [9.17, 15) is 0 Å². The molecule has 0 saturated carbocycles. The molecule has 3 heteroatoms. The van der Waals surface area contributed by atoms with E-state index in [-0.39, 0.29) is 0 Å². The smallest absolute Gasteiger partial charge is 0.0478 e. The molecule has 0 fully saturated rings. The van der Waals surface area contributed by atoms with Gasteiger partial charge in [0.15, 0.2) is 0 Å². The number of unbranched alkanes of at least 4 members (excludes halogenated alkanes) is 1. The molecule has 0 atom stereocenters. The van der Waals surface area contributed by atoms with Crippen molar-refractivity contribution in [3.8, 4) is 0 Å². The van der Waals surface area contributed by atoms with Crippen LogP contribution in [0, 0.1) is 6.92 Å². The lowest BCUT2D eigenvalue weighted by molar-refractivity contribution is 0.129. The Balaban J connectivity index is 2.05. The van der Waals surface area contributed by atoms with Crippen LogP contribution in [-0.2, 0) is 11.3 Å². The predicted molar refractivity (Wildman–Crippen MR) is 80.9 cm³/mol. The molecule has 0 spiro atoms. The van der Waals surface area contributed by atoms with Crippen molar-refractivity contribution in [2.45, 2.75) is 39.7 Å². The Labute approximate surface area is 119 Å². The topological polar surface area (TPSA) is 21.3 Å². The average Bonchev–Trinajstić information content (AvgIpc) is 2.37. The van der Waals surface area contributed by atoms with Crippen LogP contribution in [0.15, 0.2) is 22.7 Å². The first-order chi connectivity index (χ1) is 8.74. The van der Waals surface area contributed by atoms with Crippen LogP contribution in [0.4, 0.5) is 0 Å². The van der Waals surface area contributed by atoms with Crippen LogP contribution in [0.5, 0.6) is 0 Å². The number of hydrogen-bond acceptors (Lipinski definition) is 2. The van der Waals surface area contributed by atoms with E-state index in [0.717, 1.165) is 32.7 Å². The summed E-state index contributed by atoms with van der Waals surface area (Å²) in [5, 5.41) is 3.44. The third-order valence-electron chi connectivity index (χ3n) is 2.84. The number of aryl methyl sites for hydroxylation is 1. The van der Waals surface area contributed by atoms with E-state index in [2.05, 4.69) is 53.3 Å². The van der Waals surface area contributed by atoms with Gasteiger partial charge in [-0.3, -0.25) is 0 Å². The molecule has 2 nitrogen and oxygen atoms in total. The molecule has 0 amide bonds. The van der Waals surface area contributed by atoms with Crippen molar-refractivity contribution in [3.05, 3.63) is 33.8 Å². The second-order valence-electron chi connectivity index (χ2n) is 4.58. The first kappa shape index (κ1) is 15.7. The summed E-state index contributed by atoms with van der Waals surface area (Å²) >= 11 is 3.52. The zero-order valence-electron chi connectivity index (χ0n) is 11.5. The lowest BCUT2D eigenvalue weighted by Crippen LogP contribution is -2.16. The first-order valence-corrected chi connectivity index (χ1v) is 7.57. The quantitative estimate of drug-likeness (QED) is 0.694. The van der Waals surface area contributed by atoms with Crippen molar-refractivity contribution < 1.29 is 4.74 Å². The summed E-state index contributed by atoms with van der Waals surface area (Å²) in [4.78, 5) is 0. The number of hydrogen-bond donors (Lipinski definition) is 1. The average molecular weight is 314 g/mol. The SMILES string of the molecule is CCCCOCCCNCc1ccc(Br)c(C)c1. The first-order valence-electron chi connectivity index (χ1n) is 6.77. The van der Waals surface area contributed by atoms with E-state index in [1.807, 2.05) is 0 Å². The maximum absolute atomic E-state index is 5.51. The van der Waals surface area contributed by atoms with Crippen molar-refractivity contribution in [2.75, 3.05) is 19.8 Å². The molecule has 0 aromatic heterocycles. The third kappa shape index (κ3) is 6.53. The van der Waals surface area contributed by atoms with Gasteiger partial charge >= 0.3 is 0 Å². The molecule has 0 aliphatic carbocycles. The lowest BCUT2D eigenvalue weighted by Gasteiger charge is -2.07. The van der Waals surface area contributed by atoms with Crippen LogP contribution in [0.1, 0.15) is 37.3 Å². The van der Waals surface area contributed by atoms with E-state index < -0.39 is 0 Å². The largest absolute Gasteiger partial charge is 0.381 e.